The number of ether oxygens (including phenoxy) is 4. The molecule has 1 N–H and O–H groups in total. The zero-order valence-electron chi connectivity index (χ0n) is 19.6. The van der Waals surface area contributed by atoms with Gasteiger partial charge >= 0.3 is 0 Å². The van der Waals surface area contributed by atoms with Crippen molar-refractivity contribution >= 4 is 27.6 Å². The fraction of sp³-hybridized carbons (Fsp3) is 0.208. The van der Waals surface area contributed by atoms with Gasteiger partial charge in [0.05, 0.1) is 43.7 Å². The Labute approximate surface area is 203 Å². The zero-order chi connectivity index (χ0) is 25.4. The van der Waals surface area contributed by atoms with Gasteiger partial charge in [0.15, 0.2) is 15.7 Å². The maximum atomic E-state index is 12.9. The summed E-state index contributed by atoms with van der Waals surface area (Å²) >= 11 is 0. The Morgan fingerprint density at radius 2 is 1.71 bits per heavy atom. The van der Waals surface area contributed by atoms with Gasteiger partial charge in [-0.2, -0.15) is 0 Å². The Hall–Kier alpha value is -3.96. The lowest BCUT2D eigenvalue weighted by Gasteiger charge is -2.15. The van der Waals surface area contributed by atoms with Gasteiger partial charge in [0.2, 0.25) is 5.88 Å². The molecule has 3 rings (SSSR count). The Balaban J connectivity index is 1.98. The van der Waals surface area contributed by atoms with Gasteiger partial charge < -0.3 is 24.3 Å². The maximum Gasteiger partial charge on any atom is 0.257 e. The van der Waals surface area contributed by atoms with Crippen molar-refractivity contribution < 1.29 is 32.2 Å². The predicted octanol–water partition coefficient (Wildman–Crippen LogP) is 3.60. The lowest BCUT2D eigenvalue weighted by atomic mass is 10.1. The summed E-state index contributed by atoms with van der Waals surface area (Å²) in [7, 11) is 1.16. The molecular formula is C24H25N3O7S. The molecule has 1 heterocycles. The molecule has 0 aliphatic rings. The number of carbonyl (C=O) groups is 1. The van der Waals surface area contributed by atoms with Crippen LogP contribution in [0.15, 0.2) is 59.8 Å². The summed E-state index contributed by atoms with van der Waals surface area (Å²) in [5.41, 5.74) is 0.809. The Bertz CT molecular complexity index is 1310. The van der Waals surface area contributed by atoms with Crippen LogP contribution in [-0.2, 0) is 14.6 Å². The molecule has 35 heavy (non-hydrogen) atoms. The predicted molar refractivity (Wildman–Crippen MR) is 130 cm³/mol. The van der Waals surface area contributed by atoms with Crippen molar-refractivity contribution in [3.05, 3.63) is 66.0 Å². The summed E-state index contributed by atoms with van der Waals surface area (Å²) in [4.78, 5) is 21.2. The number of sulfone groups is 1. The molecule has 184 valence electrons. The Morgan fingerprint density at radius 1 is 1.00 bits per heavy atom. The average Bonchev–Trinajstić information content (AvgIpc) is 2.85. The minimum absolute atomic E-state index is 0.163. The molecule has 0 unspecified atom stereocenters. The minimum Gasteiger partial charge on any atom is -0.496 e. The molecule has 1 aromatic heterocycles. The Kier molecular flexibility index (Phi) is 8.39. The summed E-state index contributed by atoms with van der Waals surface area (Å²) in [6.07, 6.45) is 7.40. The van der Waals surface area contributed by atoms with Crippen molar-refractivity contribution in [2.24, 2.45) is 0 Å². The van der Waals surface area contributed by atoms with Gasteiger partial charge in [-0.05, 0) is 42.5 Å². The van der Waals surface area contributed by atoms with E-state index in [2.05, 4.69) is 15.3 Å². The summed E-state index contributed by atoms with van der Waals surface area (Å²) in [5, 5.41) is 2.66. The topological polar surface area (TPSA) is 126 Å². The molecule has 0 saturated carbocycles. The quantitative estimate of drug-likeness (QED) is 0.445. The average molecular weight is 500 g/mol. The monoisotopic (exact) mass is 499 g/mol. The summed E-state index contributed by atoms with van der Waals surface area (Å²) in [6.45, 7) is 0.351. The number of amides is 1. The zero-order valence-corrected chi connectivity index (χ0v) is 20.5. The van der Waals surface area contributed by atoms with Crippen LogP contribution in [-0.4, -0.2) is 58.5 Å². The van der Waals surface area contributed by atoms with E-state index in [1.807, 2.05) is 0 Å². The molecular weight excluding hydrogens is 474 g/mol. The van der Waals surface area contributed by atoms with Crippen LogP contribution in [0.5, 0.6) is 23.1 Å². The molecule has 0 bridgehead atoms. The standard InChI is InChI=1S/C24H25N3O7S/c1-31-11-5-6-19-20(32-2)12-16(24(28)27-22-14-26-23(33-3)15-25-22)13-21(19)34-17-7-9-18(10-8-17)35(4,29)30/h5-10,12-15H,11H2,1-4H3,(H,25,27,28)/b6-5+. The number of nitrogens with one attached hydrogen (secondary N) is 1. The van der Waals surface area contributed by atoms with Crippen LogP contribution >= 0.6 is 0 Å². The molecule has 0 radical (unpaired) electrons. The number of methoxy groups -OCH3 is 3. The third kappa shape index (κ3) is 6.78. The van der Waals surface area contributed by atoms with Crippen LogP contribution in [0.1, 0.15) is 15.9 Å². The summed E-state index contributed by atoms with van der Waals surface area (Å²) in [5.74, 6) is 1.15. The van der Waals surface area contributed by atoms with Gasteiger partial charge in [0, 0.05) is 18.9 Å². The molecule has 0 aliphatic heterocycles. The lowest BCUT2D eigenvalue weighted by molar-refractivity contribution is 0.102. The van der Waals surface area contributed by atoms with Crippen molar-refractivity contribution in [2.75, 3.05) is 39.5 Å². The molecule has 0 saturated heterocycles. The van der Waals surface area contributed by atoms with Crippen molar-refractivity contribution in [1.82, 2.24) is 9.97 Å². The van der Waals surface area contributed by atoms with Crippen LogP contribution in [0.4, 0.5) is 5.82 Å². The van der Waals surface area contributed by atoms with E-state index in [4.69, 9.17) is 18.9 Å². The minimum atomic E-state index is -3.35. The molecule has 0 fully saturated rings. The normalized spacial score (nSPS) is 11.3. The largest absolute Gasteiger partial charge is 0.496 e. The van der Waals surface area contributed by atoms with Crippen LogP contribution in [0, 0.1) is 0 Å². The number of anilines is 1. The second kappa shape index (κ2) is 11.4. The van der Waals surface area contributed by atoms with Gasteiger partial charge in [-0.1, -0.05) is 6.08 Å². The highest BCUT2D eigenvalue weighted by molar-refractivity contribution is 7.90. The molecule has 0 aliphatic carbocycles. The van der Waals surface area contributed by atoms with Crippen LogP contribution in [0.2, 0.25) is 0 Å². The molecule has 10 nitrogen and oxygen atoms in total. The second-order valence-corrected chi connectivity index (χ2v) is 9.21. The number of nitrogens with zero attached hydrogens (tertiary/aromatic N) is 2. The molecule has 3 aromatic rings. The van der Waals surface area contributed by atoms with Gasteiger partial charge in [-0.15, -0.1) is 0 Å². The van der Waals surface area contributed by atoms with Gasteiger partial charge in [0.25, 0.3) is 5.91 Å². The van der Waals surface area contributed by atoms with E-state index < -0.39 is 15.7 Å². The summed E-state index contributed by atoms with van der Waals surface area (Å²) < 4.78 is 45.1. The fourth-order valence-corrected chi connectivity index (χ4v) is 3.60. The van der Waals surface area contributed by atoms with Gasteiger partial charge in [0.1, 0.15) is 17.2 Å². The number of carbonyl (C=O) groups excluding carboxylic acids is 1. The Morgan fingerprint density at radius 3 is 2.29 bits per heavy atom. The number of benzene rings is 2. The third-order valence-corrected chi connectivity index (χ3v) is 5.82. The fourth-order valence-electron chi connectivity index (χ4n) is 2.97. The van der Waals surface area contributed by atoms with Crippen molar-refractivity contribution in [3.63, 3.8) is 0 Å². The number of hydrogen-bond donors (Lipinski definition) is 1. The first kappa shape index (κ1) is 25.7. The van der Waals surface area contributed by atoms with E-state index in [9.17, 15) is 13.2 Å². The number of rotatable bonds is 10. The first-order chi connectivity index (χ1) is 16.7. The maximum absolute atomic E-state index is 12.9. The second-order valence-electron chi connectivity index (χ2n) is 7.19. The highest BCUT2D eigenvalue weighted by atomic mass is 32.2. The highest BCUT2D eigenvalue weighted by Crippen LogP contribution is 2.35. The smallest absolute Gasteiger partial charge is 0.257 e. The van der Waals surface area contributed by atoms with Crippen LogP contribution in [0.25, 0.3) is 6.08 Å². The first-order valence-electron chi connectivity index (χ1n) is 10.3. The third-order valence-electron chi connectivity index (χ3n) is 4.69. The van der Waals surface area contributed by atoms with Crippen LogP contribution < -0.4 is 19.5 Å². The van der Waals surface area contributed by atoms with Crippen molar-refractivity contribution in [2.45, 2.75) is 4.90 Å². The van der Waals surface area contributed by atoms with E-state index in [1.165, 1.54) is 50.9 Å². The highest BCUT2D eigenvalue weighted by Gasteiger charge is 2.17. The number of hydrogen-bond acceptors (Lipinski definition) is 9. The SMILES string of the molecule is COC/C=C/c1c(OC)cc(C(=O)Nc2cnc(OC)cn2)cc1Oc1ccc(S(C)(=O)=O)cc1. The van der Waals surface area contributed by atoms with E-state index in [0.717, 1.165) is 6.26 Å². The van der Waals surface area contributed by atoms with Gasteiger partial charge in [-0.3, -0.25) is 4.79 Å². The van der Waals surface area contributed by atoms with E-state index >= 15 is 0 Å². The number of aromatic nitrogens is 2. The first-order valence-corrected chi connectivity index (χ1v) is 12.2. The molecule has 11 heteroatoms. The molecule has 0 spiro atoms. The summed E-state index contributed by atoms with van der Waals surface area (Å²) in [6, 6.07) is 9.07. The van der Waals surface area contributed by atoms with Crippen molar-refractivity contribution in [1.29, 1.82) is 0 Å². The lowest BCUT2D eigenvalue weighted by Crippen LogP contribution is -2.14. The van der Waals surface area contributed by atoms with E-state index in [1.54, 1.807) is 31.4 Å². The molecule has 2 aromatic carbocycles. The molecule has 0 atom stereocenters. The van der Waals surface area contributed by atoms with Crippen LogP contribution in [0.3, 0.4) is 0 Å². The molecule has 1 amide bonds. The van der Waals surface area contributed by atoms with E-state index in [0.29, 0.717) is 35.3 Å². The van der Waals surface area contributed by atoms with Gasteiger partial charge in [-0.25, -0.2) is 18.4 Å². The van der Waals surface area contributed by atoms with E-state index in [-0.39, 0.29) is 16.3 Å². The van der Waals surface area contributed by atoms with Crippen molar-refractivity contribution in [3.8, 4) is 23.1 Å².